The first-order valence-electron chi connectivity index (χ1n) is 6.63. The lowest BCUT2D eigenvalue weighted by molar-refractivity contribution is -0.142. The van der Waals surface area contributed by atoms with Crippen molar-refractivity contribution in [3.8, 4) is 5.88 Å². The third kappa shape index (κ3) is 3.07. The molecule has 0 bridgehead atoms. The van der Waals surface area contributed by atoms with Crippen LogP contribution in [0.5, 0.6) is 5.88 Å². The third-order valence-electron chi connectivity index (χ3n) is 3.71. The standard InChI is InChI=1S/C14H18N2O4/c1-20-13-11(6-3-7-15-13)12(17)16-8-9-4-2-5-10(9)14(18)19/h3,6-7,9-10H,2,4-5,8H2,1H3,(H,16,17)(H,18,19). The molecule has 2 rings (SSSR count). The van der Waals surface area contributed by atoms with E-state index in [2.05, 4.69) is 10.3 Å². The number of rotatable bonds is 5. The van der Waals surface area contributed by atoms with Crippen LogP contribution in [0.15, 0.2) is 18.3 Å². The van der Waals surface area contributed by atoms with Crippen molar-refractivity contribution in [3.05, 3.63) is 23.9 Å². The Labute approximate surface area is 117 Å². The van der Waals surface area contributed by atoms with Gasteiger partial charge in [-0.2, -0.15) is 0 Å². The maximum Gasteiger partial charge on any atom is 0.306 e. The minimum absolute atomic E-state index is 0.000818. The van der Waals surface area contributed by atoms with Crippen molar-refractivity contribution in [2.45, 2.75) is 19.3 Å². The zero-order valence-electron chi connectivity index (χ0n) is 11.3. The number of aliphatic carboxylic acids is 1. The molecule has 0 saturated heterocycles. The summed E-state index contributed by atoms with van der Waals surface area (Å²) in [6.07, 6.45) is 3.97. The van der Waals surface area contributed by atoms with Gasteiger partial charge in [-0.3, -0.25) is 9.59 Å². The van der Waals surface area contributed by atoms with Crippen molar-refractivity contribution in [1.29, 1.82) is 0 Å². The topological polar surface area (TPSA) is 88.5 Å². The van der Waals surface area contributed by atoms with E-state index in [4.69, 9.17) is 9.84 Å². The molecule has 1 heterocycles. The summed E-state index contributed by atoms with van der Waals surface area (Å²) < 4.78 is 5.03. The van der Waals surface area contributed by atoms with E-state index in [0.717, 1.165) is 12.8 Å². The average Bonchev–Trinajstić information content (AvgIpc) is 2.93. The number of hydrogen-bond acceptors (Lipinski definition) is 4. The quantitative estimate of drug-likeness (QED) is 0.848. The van der Waals surface area contributed by atoms with Crippen LogP contribution in [0.1, 0.15) is 29.6 Å². The molecule has 0 radical (unpaired) electrons. The molecular weight excluding hydrogens is 260 g/mol. The van der Waals surface area contributed by atoms with Gasteiger partial charge >= 0.3 is 5.97 Å². The zero-order valence-corrected chi connectivity index (χ0v) is 11.3. The van der Waals surface area contributed by atoms with Gasteiger partial charge in [-0.25, -0.2) is 4.98 Å². The van der Waals surface area contributed by atoms with Crippen LogP contribution in [0, 0.1) is 11.8 Å². The van der Waals surface area contributed by atoms with Crippen LogP contribution in [0.25, 0.3) is 0 Å². The number of carboxylic acid groups (broad SMARTS) is 1. The fraction of sp³-hybridized carbons (Fsp3) is 0.500. The third-order valence-corrected chi connectivity index (χ3v) is 3.71. The van der Waals surface area contributed by atoms with E-state index in [9.17, 15) is 9.59 Å². The van der Waals surface area contributed by atoms with Gasteiger partial charge in [0.15, 0.2) is 0 Å². The van der Waals surface area contributed by atoms with E-state index in [-0.39, 0.29) is 23.6 Å². The Morgan fingerprint density at radius 2 is 2.30 bits per heavy atom. The molecule has 0 aliphatic heterocycles. The lowest BCUT2D eigenvalue weighted by Crippen LogP contribution is -2.33. The summed E-state index contributed by atoms with van der Waals surface area (Å²) in [6.45, 7) is 0.369. The lowest BCUT2D eigenvalue weighted by Gasteiger charge is -2.16. The monoisotopic (exact) mass is 278 g/mol. The predicted octanol–water partition coefficient (Wildman–Crippen LogP) is 1.32. The second-order valence-electron chi connectivity index (χ2n) is 4.91. The van der Waals surface area contributed by atoms with Crippen molar-refractivity contribution >= 4 is 11.9 Å². The molecule has 1 saturated carbocycles. The number of hydrogen-bond donors (Lipinski definition) is 2. The molecule has 2 N–H and O–H groups in total. The van der Waals surface area contributed by atoms with Crippen LogP contribution < -0.4 is 10.1 Å². The first-order chi connectivity index (χ1) is 9.63. The van der Waals surface area contributed by atoms with Crippen LogP contribution >= 0.6 is 0 Å². The molecule has 2 atom stereocenters. The van der Waals surface area contributed by atoms with Crippen molar-refractivity contribution in [2.24, 2.45) is 11.8 Å². The molecule has 1 amide bonds. The average molecular weight is 278 g/mol. The molecule has 108 valence electrons. The number of ether oxygens (including phenoxy) is 1. The van der Waals surface area contributed by atoms with E-state index in [1.165, 1.54) is 7.11 Å². The number of carbonyl (C=O) groups is 2. The second kappa shape index (κ2) is 6.36. The highest BCUT2D eigenvalue weighted by Gasteiger charge is 2.33. The summed E-state index contributed by atoms with van der Waals surface area (Å²) >= 11 is 0. The number of amides is 1. The normalized spacial score (nSPS) is 21.4. The van der Waals surface area contributed by atoms with Crippen molar-refractivity contribution in [3.63, 3.8) is 0 Å². The Kier molecular flexibility index (Phi) is 4.55. The molecule has 6 nitrogen and oxygen atoms in total. The summed E-state index contributed by atoms with van der Waals surface area (Å²) in [5.41, 5.74) is 0.361. The number of carboxylic acids is 1. The molecule has 1 aliphatic rings. The number of methoxy groups -OCH3 is 1. The van der Waals surface area contributed by atoms with E-state index < -0.39 is 5.97 Å². The Bertz CT molecular complexity index is 504. The van der Waals surface area contributed by atoms with Gasteiger partial charge in [-0.05, 0) is 30.9 Å². The van der Waals surface area contributed by atoms with Crippen LogP contribution in [0.2, 0.25) is 0 Å². The zero-order chi connectivity index (χ0) is 14.5. The molecule has 20 heavy (non-hydrogen) atoms. The fourth-order valence-corrected chi connectivity index (χ4v) is 2.65. The highest BCUT2D eigenvalue weighted by Crippen LogP contribution is 2.31. The number of aromatic nitrogens is 1. The Morgan fingerprint density at radius 1 is 1.50 bits per heavy atom. The molecule has 1 aliphatic carbocycles. The van der Waals surface area contributed by atoms with Crippen molar-refractivity contribution in [2.75, 3.05) is 13.7 Å². The van der Waals surface area contributed by atoms with Gasteiger partial charge in [0.1, 0.15) is 5.56 Å². The first kappa shape index (κ1) is 14.3. The molecule has 1 aromatic heterocycles. The van der Waals surface area contributed by atoms with Gasteiger partial charge < -0.3 is 15.2 Å². The number of pyridine rings is 1. The van der Waals surface area contributed by atoms with E-state index in [0.29, 0.717) is 18.5 Å². The van der Waals surface area contributed by atoms with Gasteiger partial charge in [-0.15, -0.1) is 0 Å². The van der Waals surface area contributed by atoms with Gasteiger partial charge in [0.05, 0.1) is 13.0 Å². The SMILES string of the molecule is COc1ncccc1C(=O)NCC1CCCC1C(=O)O. The molecule has 1 fully saturated rings. The minimum atomic E-state index is -0.777. The van der Waals surface area contributed by atoms with Crippen molar-refractivity contribution in [1.82, 2.24) is 10.3 Å². The van der Waals surface area contributed by atoms with Crippen LogP contribution in [-0.2, 0) is 4.79 Å². The summed E-state index contributed by atoms with van der Waals surface area (Å²) in [5, 5.41) is 11.9. The van der Waals surface area contributed by atoms with Gasteiger partial charge in [-0.1, -0.05) is 6.42 Å². The van der Waals surface area contributed by atoms with Crippen LogP contribution in [0.4, 0.5) is 0 Å². The largest absolute Gasteiger partial charge is 0.481 e. The summed E-state index contributed by atoms with van der Waals surface area (Å²) in [5.74, 6) is -1.15. The van der Waals surface area contributed by atoms with Crippen LogP contribution in [0.3, 0.4) is 0 Å². The van der Waals surface area contributed by atoms with E-state index >= 15 is 0 Å². The Balaban J connectivity index is 1.97. The second-order valence-corrected chi connectivity index (χ2v) is 4.91. The summed E-state index contributed by atoms with van der Waals surface area (Å²) in [4.78, 5) is 27.1. The number of nitrogens with one attached hydrogen (secondary N) is 1. The summed E-state index contributed by atoms with van der Waals surface area (Å²) in [6, 6.07) is 3.29. The number of nitrogens with zero attached hydrogens (tertiary/aromatic N) is 1. The smallest absolute Gasteiger partial charge is 0.306 e. The van der Waals surface area contributed by atoms with Gasteiger partial charge in [0.2, 0.25) is 5.88 Å². The van der Waals surface area contributed by atoms with Crippen LogP contribution in [-0.4, -0.2) is 35.6 Å². The van der Waals surface area contributed by atoms with Crippen molar-refractivity contribution < 1.29 is 19.4 Å². The van der Waals surface area contributed by atoms with E-state index in [1.54, 1.807) is 18.3 Å². The fourth-order valence-electron chi connectivity index (χ4n) is 2.65. The lowest BCUT2D eigenvalue weighted by atomic mass is 9.96. The van der Waals surface area contributed by atoms with Gasteiger partial charge in [0.25, 0.3) is 5.91 Å². The van der Waals surface area contributed by atoms with Gasteiger partial charge in [0, 0.05) is 12.7 Å². The molecule has 0 aromatic carbocycles. The molecule has 6 heteroatoms. The predicted molar refractivity (Wildman–Crippen MR) is 71.6 cm³/mol. The highest BCUT2D eigenvalue weighted by atomic mass is 16.5. The maximum atomic E-state index is 12.1. The maximum absolute atomic E-state index is 12.1. The molecule has 2 unspecified atom stereocenters. The highest BCUT2D eigenvalue weighted by molar-refractivity contribution is 5.96. The van der Waals surface area contributed by atoms with E-state index in [1.807, 2.05) is 0 Å². The Hall–Kier alpha value is -2.11. The number of carbonyl (C=O) groups excluding carboxylic acids is 1. The minimum Gasteiger partial charge on any atom is -0.481 e. The Morgan fingerprint density at radius 3 is 3.00 bits per heavy atom. The molecular formula is C14H18N2O4. The molecule has 0 spiro atoms. The molecule has 1 aromatic rings. The first-order valence-corrected chi connectivity index (χ1v) is 6.63. The summed E-state index contributed by atoms with van der Waals surface area (Å²) in [7, 11) is 1.45.